The van der Waals surface area contributed by atoms with Crippen LogP contribution in [0.2, 0.25) is 0 Å². The normalized spacial score (nSPS) is 14.1. The molecule has 0 saturated carbocycles. The van der Waals surface area contributed by atoms with E-state index in [9.17, 15) is 9.90 Å². The highest BCUT2D eigenvalue weighted by molar-refractivity contribution is 6.20. The second kappa shape index (κ2) is 6.83. The monoisotopic (exact) mass is 414 g/mol. The first-order valence-corrected chi connectivity index (χ1v) is 10.6. The van der Waals surface area contributed by atoms with Crippen LogP contribution in [-0.4, -0.2) is 40.5 Å². The summed E-state index contributed by atoms with van der Waals surface area (Å²) in [6.45, 7) is 1.27. The van der Waals surface area contributed by atoms with Gasteiger partial charge in [0, 0.05) is 41.4 Å². The average Bonchev–Trinajstić information content (AvgIpc) is 3.44. The SMILES string of the molecule is O=C1NCc2c1c1c(c3c2c2ccccc2n3CCO)Cc2cc(OCCO)ccc2-1. The van der Waals surface area contributed by atoms with Crippen molar-refractivity contribution in [1.29, 1.82) is 0 Å². The highest BCUT2D eigenvalue weighted by Crippen LogP contribution is 2.49. The molecule has 0 saturated heterocycles. The number of hydrogen-bond donors (Lipinski definition) is 3. The Kier molecular flexibility index (Phi) is 4.06. The molecule has 6 rings (SSSR count). The largest absolute Gasteiger partial charge is 0.491 e. The van der Waals surface area contributed by atoms with Crippen LogP contribution in [0, 0.1) is 0 Å². The smallest absolute Gasteiger partial charge is 0.252 e. The molecule has 0 unspecified atom stereocenters. The number of carbonyl (C=O) groups excluding carboxylic acids is 1. The maximum Gasteiger partial charge on any atom is 0.252 e. The predicted molar refractivity (Wildman–Crippen MR) is 119 cm³/mol. The van der Waals surface area contributed by atoms with Gasteiger partial charge in [-0.1, -0.05) is 24.3 Å². The molecule has 3 N–H and O–H groups in total. The highest BCUT2D eigenvalue weighted by Gasteiger charge is 2.35. The number of rotatable bonds is 5. The minimum absolute atomic E-state index is 0.0272. The van der Waals surface area contributed by atoms with Gasteiger partial charge in [-0.15, -0.1) is 0 Å². The van der Waals surface area contributed by atoms with Crippen molar-refractivity contribution in [3.05, 3.63) is 64.7 Å². The fourth-order valence-corrected chi connectivity index (χ4v) is 5.36. The minimum atomic E-state index is -0.0348. The van der Waals surface area contributed by atoms with Crippen LogP contribution < -0.4 is 10.1 Å². The van der Waals surface area contributed by atoms with Crippen LogP contribution in [0.25, 0.3) is 32.9 Å². The molecule has 0 radical (unpaired) electrons. The van der Waals surface area contributed by atoms with Crippen molar-refractivity contribution in [3.63, 3.8) is 0 Å². The minimum Gasteiger partial charge on any atom is -0.491 e. The fraction of sp³-hybridized carbons (Fsp3) is 0.240. The Morgan fingerprint density at radius 1 is 1.03 bits per heavy atom. The van der Waals surface area contributed by atoms with Crippen molar-refractivity contribution in [1.82, 2.24) is 9.88 Å². The number of nitrogens with one attached hydrogen (secondary N) is 1. The van der Waals surface area contributed by atoms with Gasteiger partial charge in [0.15, 0.2) is 0 Å². The Labute approximate surface area is 178 Å². The van der Waals surface area contributed by atoms with E-state index in [1.54, 1.807) is 0 Å². The molecule has 0 fully saturated rings. The molecule has 1 aromatic heterocycles. The van der Waals surface area contributed by atoms with E-state index in [1.165, 1.54) is 0 Å². The average molecular weight is 414 g/mol. The van der Waals surface area contributed by atoms with E-state index in [0.717, 1.165) is 55.2 Å². The number of aliphatic hydroxyl groups excluding tert-OH is 2. The van der Waals surface area contributed by atoms with Crippen molar-refractivity contribution >= 4 is 27.7 Å². The molecule has 0 spiro atoms. The van der Waals surface area contributed by atoms with Crippen LogP contribution in [0.4, 0.5) is 0 Å². The lowest BCUT2D eigenvalue weighted by Gasteiger charge is -2.13. The number of amides is 1. The van der Waals surface area contributed by atoms with Gasteiger partial charge in [-0.25, -0.2) is 0 Å². The molecule has 4 aromatic rings. The van der Waals surface area contributed by atoms with E-state index in [0.29, 0.717) is 25.3 Å². The third-order valence-electron chi connectivity index (χ3n) is 6.46. The van der Waals surface area contributed by atoms with Crippen LogP contribution in [0.3, 0.4) is 0 Å². The molecule has 1 aliphatic heterocycles. The summed E-state index contributed by atoms with van der Waals surface area (Å²) in [6, 6.07) is 14.1. The topological polar surface area (TPSA) is 83.7 Å². The van der Waals surface area contributed by atoms with Crippen LogP contribution >= 0.6 is 0 Å². The summed E-state index contributed by atoms with van der Waals surface area (Å²) in [7, 11) is 0. The fourth-order valence-electron chi connectivity index (χ4n) is 5.36. The summed E-state index contributed by atoms with van der Waals surface area (Å²) in [5, 5.41) is 24.1. The second-order valence-electron chi connectivity index (χ2n) is 8.07. The standard InChI is InChI=1S/C25H22N2O4/c28-8-7-27-20-4-2-1-3-17(20)22-19-13-26-25(30)23(19)21-16-6-5-15(31-10-9-29)11-14(16)12-18(21)24(22)27/h1-6,11,28-29H,7-10,12-13H2,(H,26,30). The maximum atomic E-state index is 12.9. The molecular weight excluding hydrogens is 392 g/mol. The third-order valence-corrected chi connectivity index (χ3v) is 6.46. The lowest BCUT2D eigenvalue weighted by molar-refractivity contribution is 0.0966. The summed E-state index contributed by atoms with van der Waals surface area (Å²) in [6.07, 6.45) is 0.694. The van der Waals surface area contributed by atoms with Crippen molar-refractivity contribution in [2.75, 3.05) is 19.8 Å². The van der Waals surface area contributed by atoms with E-state index < -0.39 is 0 Å². The van der Waals surface area contributed by atoms with Crippen molar-refractivity contribution in [2.24, 2.45) is 0 Å². The van der Waals surface area contributed by atoms with Crippen LogP contribution in [-0.2, 0) is 19.5 Å². The number of benzene rings is 3. The quantitative estimate of drug-likeness (QED) is 0.413. The van der Waals surface area contributed by atoms with E-state index >= 15 is 0 Å². The molecule has 3 aromatic carbocycles. The number of para-hydroxylation sites is 1. The molecule has 0 bridgehead atoms. The predicted octanol–water partition coefficient (Wildman–Crippen LogP) is 2.97. The first-order valence-electron chi connectivity index (χ1n) is 10.6. The lowest BCUT2D eigenvalue weighted by atomic mass is 9.92. The molecule has 1 amide bonds. The summed E-state index contributed by atoms with van der Waals surface area (Å²) >= 11 is 0. The molecule has 6 heteroatoms. The molecule has 1 aliphatic carbocycles. The van der Waals surface area contributed by atoms with Gasteiger partial charge in [0.05, 0.1) is 24.3 Å². The molecule has 0 atom stereocenters. The van der Waals surface area contributed by atoms with Crippen LogP contribution in [0.5, 0.6) is 5.75 Å². The zero-order chi connectivity index (χ0) is 21.1. The van der Waals surface area contributed by atoms with E-state index in [-0.39, 0.29) is 25.7 Å². The zero-order valence-corrected chi connectivity index (χ0v) is 16.9. The van der Waals surface area contributed by atoms with E-state index in [2.05, 4.69) is 22.0 Å². The Hall–Kier alpha value is -3.35. The van der Waals surface area contributed by atoms with Gasteiger partial charge in [-0.2, -0.15) is 0 Å². The summed E-state index contributed by atoms with van der Waals surface area (Å²) in [5.41, 5.74) is 8.30. The van der Waals surface area contributed by atoms with Crippen molar-refractivity contribution in [2.45, 2.75) is 19.5 Å². The zero-order valence-electron chi connectivity index (χ0n) is 16.9. The van der Waals surface area contributed by atoms with Gasteiger partial charge >= 0.3 is 0 Å². The number of nitrogens with zero attached hydrogens (tertiary/aromatic N) is 1. The van der Waals surface area contributed by atoms with E-state index in [4.69, 9.17) is 9.84 Å². The Balaban J connectivity index is 1.70. The Morgan fingerprint density at radius 3 is 2.74 bits per heavy atom. The maximum absolute atomic E-state index is 12.9. The number of fused-ring (bicyclic) bond motifs is 10. The van der Waals surface area contributed by atoms with Crippen molar-refractivity contribution in [3.8, 4) is 16.9 Å². The van der Waals surface area contributed by atoms with E-state index in [1.807, 2.05) is 30.3 Å². The summed E-state index contributed by atoms with van der Waals surface area (Å²) < 4.78 is 7.82. The number of aromatic nitrogens is 1. The van der Waals surface area contributed by atoms with Gasteiger partial charge in [-0.05, 0) is 40.5 Å². The van der Waals surface area contributed by atoms with Gasteiger partial charge in [0.2, 0.25) is 0 Å². The summed E-state index contributed by atoms with van der Waals surface area (Å²) in [4.78, 5) is 12.9. The van der Waals surface area contributed by atoms with Crippen LogP contribution in [0.15, 0.2) is 42.5 Å². The highest BCUT2D eigenvalue weighted by atomic mass is 16.5. The van der Waals surface area contributed by atoms with Gasteiger partial charge in [0.25, 0.3) is 5.91 Å². The Morgan fingerprint density at radius 2 is 1.90 bits per heavy atom. The second-order valence-corrected chi connectivity index (χ2v) is 8.07. The summed E-state index contributed by atoms with van der Waals surface area (Å²) in [5.74, 6) is 0.689. The van der Waals surface area contributed by atoms with Gasteiger partial charge < -0.3 is 24.8 Å². The Bertz CT molecular complexity index is 1390. The molecule has 6 nitrogen and oxygen atoms in total. The molecule has 2 heterocycles. The van der Waals surface area contributed by atoms with Gasteiger partial charge in [0.1, 0.15) is 12.4 Å². The first-order chi connectivity index (χ1) is 15.2. The molecule has 156 valence electrons. The molecular formula is C25H22N2O4. The number of aliphatic hydroxyl groups is 2. The number of carbonyl (C=O) groups is 1. The van der Waals surface area contributed by atoms with Crippen molar-refractivity contribution < 1.29 is 19.7 Å². The first kappa shape index (κ1) is 18.4. The number of hydrogen-bond acceptors (Lipinski definition) is 4. The molecule has 31 heavy (non-hydrogen) atoms. The third kappa shape index (κ3) is 2.49. The number of ether oxygens (including phenoxy) is 1. The lowest BCUT2D eigenvalue weighted by Crippen LogP contribution is -2.13. The van der Waals surface area contributed by atoms with Crippen LogP contribution in [0.1, 0.15) is 27.0 Å². The molecule has 2 aliphatic rings. The van der Waals surface area contributed by atoms with Gasteiger partial charge in [-0.3, -0.25) is 4.79 Å².